The molecule has 7 heteroatoms. The minimum atomic E-state index is -0.412. The van der Waals surface area contributed by atoms with Gasteiger partial charge in [-0.25, -0.2) is 9.97 Å². The molecule has 4 aromatic rings. The van der Waals surface area contributed by atoms with Crippen LogP contribution in [0, 0.1) is 19.8 Å². The molecule has 6 nitrogen and oxygen atoms in total. The summed E-state index contributed by atoms with van der Waals surface area (Å²) in [5, 5.41) is 8.79. The Morgan fingerprint density at radius 2 is 1.33 bits per heavy atom. The van der Waals surface area contributed by atoms with Crippen LogP contribution in [-0.2, 0) is 0 Å². The van der Waals surface area contributed by atoms with E-state index in [9.17, 15) is 14.0 Å². The molecule has 1 N–H and O–H groups in total. The molecule has 0 aliphatic heterocycles. The van der Waals surface area contributed by atoms with Gasteiger partial charge in [0, 0.05) is 28.6 Å². The van der Waals surface area contributed by atoms with E-state index in [2.05, 4.69) is 9.97 Å². The van der Waals surface area contributed by atoms with E-state index in [1.54, 1.807) is 61.5 Å². The van der Waals surface area contributed by atoms with Gasteiger partial charge in [-0.3, -0.25) is 9.59 Å². The average molecular weight is 446 g/mol. The lowest BCUT2D eigenvalue weighted by atomic mass is 10.2. The number of hydrogen-bond donors (Lipinski definition) is 1. The fourth-order valence-electron chi connectivity index (χ4n) is 2.45. The van der Waals surface area contributed by atoms with Crippen molar-refractivity contribution < 1.29 is 23.8 Å². The number of halogens is 1. The lowest BCUT2D eigenvalue weighted by Gasteiger charge is -2.05. The van der Waals surface area contributed by atoms with Gasteiger partial charge in [0.1, 0.15) is 24.1 Å². The first kappa shape index (κ1) is 24.9. The van der Waals surface area contributed by atoms with Crippen LogP contribution < -0.4 is 4.74 Å². The normalized spacial score (nSPS) is 9.42. The Kier molecular flexibility index (Phi) is 9.89. The van der Waals surface area contributed by atoms with E-state index < -0.39 is 5.95 Å². The van der Waals surface area contributed by atoms with Crippen molar-refractivity contribution in [1.82, 2.24) is 9.97 Å². The molecule has 0 radical (unpaired) electrons. The number of carbonyl (C=O) groups is 2. The van der Waals surface area contributed by atoms with Crippen LogP contribution in [0.3, 0.4) is 0 Å². The summed E-state index contributed by atoms with van der Waals surface area (Å²) in [7, 11) is 0. The third-order valence-electron chi connectivity index (χ3n) is 3.94. The topological polar surface area (TPSA) is 89.4 Å². The van der Waals surface area contributed by atoms with Crippen molar-refractivity contribution in [2.45, 2.75) is 13.8 Å². The Balaban J connectivity index is 0.000000192. The summed E-state index contributed by atoms with van der Waals surface area (Å²) >= 11 is 0. The summed E-state index contributed by atoms with van der Waals surface area (Å²) in [6, 6.07) is 23.4. The Morgan fingerprint density at radius 3 is 1.85 bits per heavy atom. The molecule has 0 spiro atoms. The first-order valence-electron chi connectivity index (χ1n) is 9.89. The zero-order valence-electron chi connectivity index (χ0n) is 18.2. The quantitative estimate of drug-likeness (QED) is 0.318. The monoisotopic (exact) mass is 446 g/mol. The summed E-state index contributed by atoms with van der Waals surface area (Å²) in [5.74, 6) is 0.857. The maximum Gasteiger partial charge on any atom is 0.219 e. The number of carbonyl (C=O) groups excluding carboxylic acids is 2. The molecule has 0 saturated carbocycles. The van der Waals surface area contributed by atoms with E-state index in [1.807, 2.05) is 19.1 Å². The molecule has 2 aromatic carbocycles. The van der Waals surface area contributed by atoms with Crippen LogP contribution in [0.2, 0.25) is 0 Å². The summed E-state index contributed by atoms with van der Waals surface area (Å²) in [4.78, 5) is 28.4. The molecule has 0 aliphatic carbocycles. The number of nitrogens with zero attached hydrogens (tertiary/aromatic N) is 2. The van der Waals surface area contributed by atoms with E-state index in [4.69, 9.17) is 9.84 Å². The van der Waals surface area contributed by atoms with Crippen molar-refractivity contribution in [3.8, 4) is 17.4 Å². The molecular formula is C26H23FN2O4. The van der Waals surface area contributed by atoms with Crippen LogP contribution in [0.1, 0.15) is 32.1 Å². The van der Waals surface area contributed by atoms with Crippen molar-refractivity contribution in [1.29, 1.82) is 0 Å². The van der Waals surface area contributed by atoms with Crippen LogP contribution in [0.4, 0.5) is 4.39 Å². The third-order valence-corrected chi connectivity index (χ3v) is 3.94. The highest BCUT2D eigenvalue weighted by Gasteiger charge is 1.99. The second-order valence-corrected chi connectivity index (χ2v) is 6.72. The number of benzene rings is 2. The predicted octanol–water partition coefficient (Wildman–Crippen LogP) is 5.73. The van der Waals surface area contributed by atoms with Gasteiger partial charge < -0.3 is 9.84 Å². The second kappa shape index (κ2) is 13.1. The highest BCUT2D eigenvalue weighted by Crippen LogP contribution is 2.19. The number of pyridine rings is 2. The molecule has 0 saturated heterocycles. The van der Waals surface area contributed by atoms with Gasteiger partial charge in [0.2, 0.25) is 11.8 Å². The van der Waals surface area contributed by atoms with Crippen molar-refractivity contribution in [3.05, 3.63) is 113 Å². The SMILES string of the molecule is Cc1cccc(F)n1.Cc1cccc(Oc2cccc(C=O)c2)n1.O=Cc1cccc(O)c1. The van der Waals surface area contributed by atoms with Gasteiger partial charge in [0.25, 0.3) is 0 Å². The second-order valence-electron chi connectivity index (χ2n) is 6.72. The minimum Gasteiger partial charge on any atom is -0.508 e. The highest BCUT2D eigenvalue weighted by atomic mass is 19.1. The molecule has 0 amide bonds. The number of phenolic OH excluding ortho intramolecular Hbond substituents is 1. The number of ether oxygens (including phenoxy) is 1. The van der Waals surface area contributed by atoms with Crippen molar-refractivity contribution in [2.75, 3.05) is 0 Å². The molecule has 2 aromatic heterocycles. The maximum absolute atomic E-state index is 12.1. The van der Waals surface area contributed by atoms with Crippen LogP contribution in [-0.4, -0.2) is 27.6 Å². The number of aromatic hydroxyl groups is 1. The van der Waals surface area contributed by atoms with Gasteiger partial charge in [-0.2, -0.15) is 4.39 Å². The summed E-state index contributed by atoms with van der Waals surface area (Å²) < 4.78 is 17.6. The summed E-state index contributed by atoms with van der Waals surface area (Å²) in [6.45, 7) is 3.65. The number of aromatic nitrogens is 2. The molecule has 2 heterocycles. The standard InChI is InChI=1S/C13H11NO2.C7H6O2.C6H6FN/c1-10-4-2-7-13(14-10)16-12-6-3-5-11(8-12)9-15;8-5-6-2-1-3-7(9)4-6;1-5-3-2-4-6(7)8-5/h2-9H,1H3;1-5,9H;2-4H,1H3. The molecular weight excluding hydrogens is 423 g/mol. The third kappa shape index (κ3) is 9.52. The molecule has 0 unspecified atom stereocenters. The molecule has 0 aliphatic rings. The van der Waals surface area contributed by atoms with E-state index in [-0.39, 0.29) is 5.75 Å². The van der Waals surface area contributed by atoms with Crippen molar-refractivity contribution >= 4 is 12.6 Å². The number of rotatable bonds is 4. The fraction of sp³-hybridized carbons (Fsp3) is 0.0769. The Morgan fingerprint density at radius 1 is 0.758 bits per heavy atom. The van der Waals surface area contributed by atoms with Gasteiger partial charge in [0.05, 0.1) is 0 Å². The van der Waals surface area contributed by atoms with E-state index in [0.29, 0.717) is 34.7 Å². The van der Waals surface area contributed by atoms with Gasteiger partial charge >= 0.3 is 0 Å². The van der Waals surface area contributed by atoms with E-state index in [1.165, 1.54) is 18.2 Å². The summed E-state index contributed by atoms with van der Waals surface area (Å²) in [6.07, 6.45) is 1.48. The average Bonchev–Trinajstić information content (AvgIpc) is 2.80. The Hall–Kier alpha value is -4.39. The number of phenols is 1. The Labute approximate surface area is 191 Å². The van der Waals surface area contributed by atoms with Crippen LogP contribution in [0.25, 0.3) is 0 Å². The lowest BCUT2D eigenvalue weighted by Crippen LogP contribution is -1.90. The largest absolute Gasteiger partial charge is 0.508 e. The van der Waals surface area contributed by atoms with E-state index >= 15 is 0 Å². The zero-order chi connectivity index (χ0) is 24.1. The fourth-order valence-corrected chi connectivity index (χ4v) is 2.45. The van der Waals surface area contributed by atoms with Crippen molar-refractivity contribution in [3.63, 3.8) is 0 Å². The van der Waals surface area contributed by atoms with Gasteiger partial charge in [0.15, 0.2) is 0 Å². The van der Waals surface area contributed by atoms with Gasteiger partial charge in [-0.05, 0) is 56.3 Å². The first-order valence-corrected chi connectivity index (χ1v) is 9.89. The highest BCUT2D eigenvalue weighted by molar-refractivity contribution is 5.75. The predicted molar refractivity (Wildman–Crippen MR) is 123 cm³/mol. The molecule has 168 valence electrons. The molecule has 4 rings (SSSR count). The Bertz CT molecular complexity index is 1180. The van der Waals surface area contributed by atoms with Crippen LogP contribution in [0.15, 0.2) is 84.9 Å². The zero-order valence-corrected chi connectivity index (χ0v) is 18.2. The van der Waals surface area contributed by atoms with Gasteiger partial charge in [-0.15, -0.1) is 0 Å². The van der Waals surface area contributed by atoms with Crippen molar-refractivity contribution in [2.24, 2.45) is 0 Å². The maximum atomic E-state index is 12.1. The van der Waals surface area contributed by atoms with E-state index in [0.717, 1.165) is 12.0 Å². The molecule has 0 fully saturated rings. The van der Waals surface area contributed by atoms with Crippen LogP contribution in [0.5, 0.6) is 17.4 Å². The first-order chi connectivity index (χ1) is 15.9. The molecule has 0 atom stereocenters. The minimum absolute atomic E-state index is 0.125. The number of hydrogen-bond acceptors (Lipinski definition) is 6. The summed E-state index contributed by atoms with van der Waals surface area (Å²) in [5.41, 5.74) is 2.69. The lowest BCUT2D eigenvalue weighted by molar-refractivity contribution is 0.111. The van der Waals surface area contributed by atoms with Crippen LogP contribution >= 0.6 is 0 Å². The molecule has 33 heavy (non-hydrogen) atoms. The number of aldehydes is 2. The van der Waals surface area contributed by atoms with Gasteiger partial charge in [-0.1, -0.05) is 36.4 Å². The smallest absolute Gasteiger partial charge is 0.219 e. The molecule has 0 bridgehead atoms. The number of aryl methyl sites for hydroxylation is 2.